The highest BCUT2D eigenvalue weighted by Crippen LogP contribution is 2.14. The highest BCUT2D eigenvalue weighted by molar-refractivity contribution is 5.71. The van der Waals surface area contributed by atoms with E-state index in [0.717, 1.165) is 38.5 Å². The molecule has 0 saturated carbocycles. The number of ether oxygens (including phenoxy) is 3. The Kier molecular flexibility index (Phi) is 44.2. The average Bonchev–Trinajstić information content (AvgIpc) is 3.24. The Labute approximate surface area is 367 Å². The van der Waals surface area contributed by atoms with Gasteiger partial charge < -0.3 is 14.2 Å². The van der Waals surface area contributed by atoms with Crippen LogP contribution in [0.25, 0.3) is 0 Å². The first-order valence-corrected chi connectivity index (χ1v) is 23.7. The lowest BCUT2D eigenvalue weighted by Crippen LogP contribution is -2.30. The molecule has 0 aliphatic rings. The van der Waals surface area contributed by atoms with Crippen LogP contribution in [0.2, 0.25) is 0 Å². The Morgan fingerprint density at radius 2 is 0.650 bits per heavy atom. The number of allylic oxidation sites excluding steroid dienone is 20. The second-order valence-electron chi connectivity index (χ2n) is 15.2. The summed E-state index contributed by atoms with van der Waals surface area (Å²) >= 11 is 0. The van der Waals surface area contributed by atoms with Gasteiger partial charge in [-0.2, -0.15) is 0 Å². The van der Waals surface area contributed by atoms with E-state index in [1.54, 1.807) is 0 Å². The summed E-state index contributed by atoms with van der Waals surface area (Å²) in [6.45, 7) is 6.20. The van der Waals surface area contributed by atoms with Crippen LogP contribution in [0.4, 0.5) is 0 Å². The van der Waals surface area contributed by atoms with E-state index in [1.165, 1.54) is 83.5 Å². The molecule has 0 aliphatic heterocycles. The third-order valence-electron chi connectivity index (χ3n) is 9.47. The normalized spacial score (nSPS) is 13.2. The van der Waals surface area contributed by atoms with Crippen LogP contribution >= 0.6 is 0 Å². The summed E-state index contributed by atoms with van der Waals surface area (Å²) in [4.78, 5) is 37.8. The maximum Gasteiger partial charge on any atom is 0.306 e. The maximum atomic E-state index is 12.7. The molecule has 0 aromatic heterocycles. The van der Waals surface area contributed by atoms with Gasteiger partial charge in [-0.15, -0.1) is 0 Å². The highest BCUT2D eigenvalue weighted by Gasteiger charge is 2.19. The minimum absolute atomic E-state index is 0.131. The lowest BCUT2D eigenvalue weighted by molar-refractivity contribution is -0.167. The molecule has 0 radical (unpaired) electrons. The monoisotopic (exact) mass is 829 g/mol. The molecule has 0 fully saturated rings. The SMILES string of the molecule is CC/C=C/C=C/C=C/C=C/C=C/CCCC(=O)OCC(COC(=O)CCCCCCCCCCCCCCCCCC)OC(=O)CCC/C=C/C=C/C=C/C=C/C=C/CC. The zero-order valence-electron chi connectivity index (χ0n) is 38.2. The van der Waals surface area contributed by atoms with Crippen molar-refractivity contribution >= 4 is 17.9 Å². The molecule has 0 saturated heterocycles. The van der Waals surface area contributed by atoms with Gasteiger partial charge in [-0.05, 0) is 44.9 Å². The summed E-state index contributed by atoms with van der Waals surface area (Å²) in [7, 11) is 0. The van der Waals surface area contributed by atoms with Crippen molar-refractivity contribution in [2.45, 2.75) is 187 Å². The van der Waals surface area contributed by atoms with Crippen molar-refractivity contribution in [2.24, 2.45) is 0 Å². The number of hydrogen-bond acceptors (Lipinski definition) is 6. The molecule has 0 heterocycles. The molecular weight excluding hydrogens is 745 g/mol. The van der Waals surface area contributed by atoms with Crippen molar-refractivity contribution in [3.63, 3.8) is 0 Å². The zero-order chi connectivity index (χ0) is 43.7. The minimum Gasteiger partial charge on any atom is -0.462 e. The van der Waals surface area contributed by atoms with Gasteiger partial charge in [0, 0.05) is 19.3 Å². The summed E-state index contributed by atoms with van der Waals surface area (Å²) in [5, 5.41) is 0. The quantitative estimate of drug-likeness (QED) is 0.0265. The smallest absolute Gasteiger partial charge is 0.306 e. The van der Waals surface area contributed by atoms with Gasteiger partial charge in [0.25, 0.3) is 0 Å². The van der Waals surface area contributed by atoms with Gasteiger partial charge in [-0.25, -0.2) is 0 Å². The number of carbonyl (C=O) groups is 3. The van der Waals surface area contributed by atoms with E-state index in [4.69, 9.17) is 14.2 Å². The topological polar surface area (TPSA) is 78.9 Å². The second kappa shape index (κ2) is 47.5. The van der Waals surface area contributed by atoms with Crippen LogP contribution < -0.4 is 0 Å². The Bertz CT molecular complexity index is 1320. The highest BCUT2D eigenvalue weighted by atomic mass is 16.6. The van der Waals surface area contributed by atoms with Crippen LogP contribution in [-0.4, -0.2) is 37.2 Å². The van der Waals surface area contributed by atoms with Gasteiger partial charge in [0.1, 0.15) is 13.2 Å². The predicted octanol–water partition coefficient (Wildman–Crippen LogP) is 15.4. The molecule has 0 bridgehead atoms. The van der Waals surface area contributed by atoms with E-state index >= 15 is 0 Å². The van der Waals surface area contributed by atoms with E-state index in [0.29, 0.717) is 25.7 Å². The van der Waals surface area contributed by atoms with E-state index in [9.17, 15) is 14.4 Å². The Hall–Kier alpha value is -4.19. The number of hydrogen-bond donors (Lipinski definition) is 0. The number of esters is 3. The molecule has 6 heteroatoms. The van der Waals surface area contributed by atoms with Gasteiger partial charge in [0.05, 0.1) is 0 Å². The van der Waals surface area contributed by atoms with Gasteiger partial charge in [0.15, 0.2) is 6.10 Å². The molecule has 0 rings (SSSR count). The van der Waals surface area contributed by atoms with Crippen molar-refractivity contribution in [2.75, 3.05) is 13.2 Å². The minimum atomic E-state index is -0.844. The molecule has 0 amide bonds. The first kappa shape index (κ1) is 55.8. The molecule has 60 heavy (non-hydrogen) atoms. The molecule has 0 aliphatic carbocycles. The van der Waals surface area contributed by atoms with Crippen LogP contribution in [0.15, 0.2) is 122 Å². The standard InChI is InChI=1S/C54H84O6/c1-4-7-10-13-16-19-22-25-26-27-30-32-35-38-41-44-47-53(56)59-50-51(60-54(57)48-45-42-39-36-33-29-24-21-18-15-12-9-6-3)49-58-52(55)46-43-40-37-34-31-28-23-20-17-14-11-8-5-2/h8-9,11-12,14-15,17-18,20-21,23-24,28-29,31,33-34,36-37,39,51H,4-7,10,13,16,19,22,25-27,30,32,35,38,40-50H2,1-3H3/b11-8+,12-9+,17-14+,18-15+,23-20+,24-21+,31-28+,33-29+,37-34+,39-36+. The average molecular weight is 829 g/mol. The molecule has 1 unspecified atom stereocenters. The lowest BCUT2D eigenvalue weighted by atomic mass is 10.0. The van der Waals surface area contributed by atoms with Gasteiger partial charge in [-0.1, -0.05) is 239 Å². The lowest BCUT2D eigenvalue weighted by Gasteiger charge is -2.18. The van der Waals surface area contributed by atoms with Gasteiger partial charge >= 0.3 is 17.9 Å². The maximum absolute atomic E-state index is 12.7. The third kappa shape index (κ3) is 44.9. The summed E-state index contributed by atoms with van der Waals surface area (Å²) < 4.78 is 16.6. The van der Waals surface area contributed by atoms with Crippen molar-refractivity contribution in [3.8, 4) is 0 Å². The fourth-order valence-electron chi connectivity index (χ4n) is 5.97. The van der Waals surface area contributed by atoms with E-state index in [-0.39, 0.29) is 38.0 Å². The largest absolute Gasteiger partial charge is 0.462 e. The van der Waals surface area contributed by atoms with E-state index in [1.807, 2.05) is 109 Å². The van der Waals surface area contributed by atoms with Gasteiger partial charge in [0.2, 0.25) is 0 Å². The molecule has 0 spiro atoms. The molecule has 0 N–H and O–H groups in total. The predicted molar refractivity (Wildman–Crippen MR) is 256 cm³/mol. The van der Waals surface area contributed by atoms with Gasteiger partial charge in [-0.3, -0.25) is 14.4 Å². The van der Waals surface area contributed by atoms with Crippen molar-refractivity contribution in [1.29, 1.82) is 0 Å². The third-order valence-corrected chi connectivity index (χ3v) is 9.47. The fraction of sp³-hybridized carbons (Fsp3) is 0.574. The zero-order valence-corrected chi connectivity index (χ0v) is 38.2. The van der Waals surface area contributed by atoms with E-state index in [2.05, 4.69) is 32.9 Å². The summed E-state index contributed by atoms with van der Waals surface area (Å²) in [6, 6.07) is 0. The Morgan fingerprint density at radius 1 is 0.350 bits per heavy atom. The number of rotatable bonds is 40. The van der Waals surface area contributed by atoms with Crippen LogP contribution in [0, 0.1) is 0 Å². The molecule has 1 atom stereocenters. The van der Waals surface area contributed by atoms with Crippen molar-refractivity contribution in [3.05, 3.63) is 122 Å². The molecule has 0 aromatic carbocycles. The van der Waals surface area contributed by atoms with Crippen molar-refractivity contribution in [1.82, 2.24) is 0 Å². The summed E-state index contributed by atoms with van der Waals surface area (Å²) in [5.74, 6) is -1.09. The molecule has 0 aromatic rings. The first-order valence-electron chi connectivity index (χ1n) is 23.7. The van der Waals surface area contributed by atoms with Crippen LogP contribution in [-0.2, 0) is 28.6 Å². The Balaban J connectivity index is 4.58. The van der Waals surface area contributed by atoms with Crippen LogP contribution in [0.1, 0.15) is 181 Å². The van der Waals surface area contributed by atoms with Crippen LogP contribution in [0.5, 0.6) is 0 Å². The fourth-order valence-corrected chi connectivity index (χ4v) is 5.97. The number of carbonyl (C=O) groups excluding carboxylic acids is 3. The molecular formula is C54H84O6. The Morgan fingerprint density at radius 3 is 1.02 bits per heavy atom. The van der Waals surface area contributed by atoms with E-state index < -0.39 is 12.1 Å². The summed E-state index contributed by atoms with van der Waals surface area (Å²) in [5.41, 5.74) is 0. The summed E-state index contributed by atoms with van der Waals surface area (Å²) in [6.07, 6.45) is 64.9. The molecule has 6 nitrogen and oxygen atoms in total. The van der Waals surface area contributed by atoms with Crippen molar-refractivity contribution < 1.29 is 28.6 Å². The van der Waals surface area contributed by atoms with Crippen LogP contribution in [0.3, 0.4) is 0 Å². The first-order chi connectivity index (χ1) is 29.5. The molecule has 336 valence electrons. The number of unbranched alkanes of at least 4 members (excludes halogenated alkanes) is 17. The second-order valence-corrected chi connectivity index (χ2v) is 15.2.